The van der Waals surface area contributed by atoms with Crippen LogP contribution in [0.1, 0.15) is 16.1 Å². The second kappa shape index (κ2) is 8.59. The van der Waals surface area contributed by atoms with E-state index in [0.717, 1.165) is 25.7 Å². The van der Waals surface area contributed by atoms with Crippen LogP contribution in [0.4, 0.5) is 0 Å². The first-order chi connectivity index (χ1) is 12.7. The van der Waals surface area contributed by atoms with Crippen molar-refractivity contribution < 1.29 is 9.53 Å². The van der Waals surface area contributed by atoms with Crippen LogP contribution in [0.3, 0.4) is 0 Å². The SMILES string of the molecule is COc1ccccc1/C=C/C=N\NC(=O)c1cc(-c2ccc(Br)s2)[nH]n1. The van der Waals surface area contributed by atoms with Gasteiger partial charge in [0.1, 0.15) is 5.75 Å². The van der Waals surface area contributed by atoms with Crippen molar-refractivity contribution in [2.45, 2.75) is 0 Å². The maximum atomic E-state index is 12.1. The number of carbonyl (C=O) groups excluding carboxylic acids is 1. The molecular formula is C18H15BrN4O2S. The third kappa shape index (κ3) is 4.47. The van der Waals surface area contributed by atoms with Gasteiger partial charge in [0, 0.05) is 11.8 Å². The Hall–Kier alpha value is -2.71. The number of carbonyl (C=O) groups is 1. The van der Waals surface area contributed by atoms with Crippen LogP contribution in [0.25, 0.3) is 16.6 Å². The molecule has 0 unspecified atom stereocenters. The number of aromatic nitrogens is 2. The van der Waals surface area contributed by atoms with Gasteiger partial charge in [0.2, 0.25) is 0 Å². The fraction of sp³-hybridized carbons (Fsp3) is 0.0556. The van der Waals surface area contributed by atoms with Crippen molar-refractivity contribution in [1.82, 2.24) is 15.6 Å². The van der Waals surface area contributed by atoms with Crippen molar-refractivity contribution in [2.75, 3.05) is 7.11 Å². The van der Waals surface area contributed by atoms with E-state index in [4.69, 9.17) is 4.74 Å². The number of methoxy groups -OCH3 is 1. The number of allylic oxidation sites excluding steroid dienone is 1. The standard InChI is InChI=1S/C18H15BrN4O2S/c1-25-15-7-3-2-5-12(15)6-4-10-20-23-18(24)14-11-13(21-22-14)16-8-9-17(19)26-16/h2-11H,1H3,(H,21,22)(H,23,24)/b6-4+,20-10-. The molecule has 1 aromatic carbocycles. The summed E-state index contributed by atoms with van der Waals surface area (Å²) >= 11 is 4.97. The number of hydrazone groups is 1. The summed E-state index contributed by atoms with van der Waals surface area (Å²) in [5.41, 5.74) is 4.42. The number of H-pyrrole nitrogens is 1. The van der Waals surface area contributed by atoms with Crippen LogP contribution in [-0.2, 0) is 0 Å². The number of rotatable bonds is 6. The topological polar surface area (TPSA) is 79.4 Å². The van der Waals surface area contributed by atoms with Crippen molar-refractivity contribution in [3.8, 4) is 16.3 Å². The van der Waals surface area contributed by atoms with Gasteiger partial charge < -0.3 is 4.74 Å². The van der Waals surface area contributed by atoms with Crippen LogP contribution < -0.4 is 10.2 Å². The van der Waals surface area contributed by atoms with Gasteiger partial charge in [-0.25, -0.2) is 5.43 Å². The average Bonchev–Trinajstić information content (AvgIpc) is 3.30. The molecule has 2 aromatic heterocycles. The Bertz CT molecular complexity index is 962. The number of aromatic amines is 1. The fourth-order valence-corrected chi connectivity index (χ4v) is 3.52. The molecule has 3 aromatic rings. The monoisotopic (exact) mass is 430 g/mol. The van der Waals surface area contributed by atoms with Gasteiger partial charge in [0.15, 0.2) is 5.69 Å². The summed E-state index contributed by atoms with van der Waals surface area (Å²) in [7, 11) is 1.62. The number of halogens is 1. The van der Waals surface area contributed by atoms with E-state index in [1.165, 1.54) is 6.21 Å². The largest absolute Gasteiger partial charge is 0.496 e. The molecule has 0 spiro atoms. The molecule has 6 nitrogen and oxygen atoms in total. The lowest BCUT2D eigenvalue weighted by molar-refractivity contribution is 0.0950. The predicted octanol–water partition coefficient (Wildman–Crippen LogP) is 4.34. The van der Waals surface area contributed by atoms with Crippen molar-refractivity contribution in [3.05, 3.63) is 63.6 Å². The van der Waals surface area contributed by atoms with Gasteiger partial charge in [-0.05, 0) is 52.3 Å². The zero-order valence-electron chi connectivity index (χ0n) is 13.8. The summed E-state index contributed by atoms with van der Waals surface area (Å²) in [6, 6.07) is 13.2. The maximum Gasteiger partial charge on any atom is 0.291 e. The number of hydrogen-bond donors (Lipinski definition) is 2. The number of hydrogen-bond acceptors (Lipinski definition) is 5. The molecule has 0 fully saturated rings. The maximum absolute atomic E-state index is 12.1. The van der Waals surface area contributed by atoms with Gasteiger partial charge in [-0.2, -0.15) is 10.2 Å². The van der Waals surface area contributed by atoms with Gasteiger partial charge in [0.25, 0.3) is 5.91 Å². The number of amides is 1. The number of benzene rings is 1. The van der Waals surface area contributed by atoms with Gasteiger partial charge in [0.05, 0.1) is 21.5 Å². The van der Waals surface area contributed by atoms with E-state index in [0.29, 0.717) is 0 Å². The number of ether oxygens (including phenoxy) is 1. The molecule has 132 valence electrons. The number of nitrogens with one attached hydrogen (secondary N) is 2. The lowest BCUT2D eigenvalue weighted by Gasteiger charge is -2.02. The minimum Gasteiger partial charge on any atom is -0.496 e. The molecule has 0 saturated carbocycles. The highest BCUT2D eigenvalue weighted by molar-refractivity contribution is 9.11. The molecule has 26 heavy (non-hydrogen) atoms. The summed E-state index contributed by atoms with van der Waals surface area (Å²) in [4.78, 5) is 13.1. The summed E-state index contributed by atoms with van der Waals surface area (Å²) in [6.07, 6.45) is 5.06. The highest BCUT2D eigenvalue weighted by Gasteiger charge is 2.11. The molecule has 0 radical (unpaired) electrons. The van der Waals surface area contributed by atoms with Gasteiger partial charge in [-0.1, -0.05) is 18.2 Å². The van der Waals surface area contributed by atoms with E-state index in [-0.39, 0.29) is 11.6 Å². The smallest absolute Gasteiger partial charge is 0.291 e. The Morgan fingerprint density at radius 2 is 2.19 bits per heavy atom. The number of para-hydroxylation sites is 1. The van der Waals surface area contributed by atoms with E-state index in [9.17, 15) is 4.79 Å². The lowest BCUT2D eigenvalue weighted by atomic mass is 10.2. The Morgan fingerprint density at radius 1 is 1.35 bits per heavy atom. The second-order valence-corrected chi connectivity index (χ2v) is 7.55. The molecule has 2 heterocycles. The fourth-order valence-electron chi connectivity index (χ4n) is 2.17. The third-order valence-corrected chi connectivity index (χ3v) is 5.05. The first-order valence-electron chi connectivity index (χ1n) is 7.61. The highest BCUT2D eigenvalue weighted by Crippen LogP contribution is 2.30. The molecule has 0 aliphatic carbocycles. The molecule has 0 bridgehead atoms. The molecule has 0 atom stereocenters. The summed E-state index contributed by atoms with van der Waals surface area (Å²) < 4.78 is 6.27. The highest BCUT2D eigenvalue weighted by atomic mass is 79.9. The quantitative estimate of drug-likeness (QED) is 0.450. The first-order valence-corrected chi connectivity index (χ1v) is 9.22. The Kier molecular flexibility index (Phi) is 5.98. The van der Waals surface area contributed by atoms with Crippen molar-refractivity contribution >= 4 is 45.5 Å². The van der Waals surface area contributed by atoms with E-state index >= 15 is 0 Å². The summed E-state index contributed by atoms with van der Waals surface area (Å²) in [5.74, 6) is 0.385. The minimum atomic E-state index is -0.384. The van der Waals surface area contributed by atoms with Crippen LogP contribution in [0.2, 0.25) is 0 Å². The molecule has 1 amide bonds. The molecular weight excluding hydrogens is 416 g/mol. The zero-order valence-corrected chi connectivity index (χ0v) is 16.2. The lowest BCUT2D eigenvalue weighted by Crippen LogP contribution is -2.17. The molecule has 3 rings (SSSR count). The molecule has 0 saturated heterocycles. The van der Waals surface area contributed by atoms with E-state index < -0.39 is 0 Å². The Balaban J connectivity index is 1.58. The second-order valence-electron chi connectivity index (χ2n) is 5.09. The third-order valence-electron chi connectivity index (χ3n) is 3.39. The van der Waals surface area contributed by atoms with E-state index in [2.05, 4.69) is 36.7 Å². The van der Waals surface area contributed by atoms with Gasteiger partial charge in [-0.15, -0.1) is 11.3 Å². The number of nitrogens with zero attached hydrogens (tertiary/aromatic N) is 2. The van der Waals surface area contributed by atoms with Crippen molar-refractivity contribution in [2.24, 2.45) is 5.10 Å². The summed E-state index contributed by atoms with van der Waals surface area (Å²) in [5, 5.41) is 10.8. The minimum absolute atomic E-state index is 0.274. The Labute approximate surface area is 162 Å². The summed E-state index contributed by atoms with van der Waals surface area (Å²) in [6.45, 7) is 0. The first kappa shape index (κ1) is 18.1. The van der Waals surface area contributed by atoms with Crippen LogP contribution in [0.15, 0.2) is 57.4 Å². The van der Waals surface area contributed by atoms with Crippen LogP contribution in [0.5, 0.6) is 5.75 Å². The van der Waals surface area contributed by atoms with Crippen molar-refractivity contribution in [1.29, 1.82) is 0 Å². The van der Waals surface area contributed by atoms with E-state index in [1.807, 2.05) is 42.5 Å². The van der Waals surface area contributed by atoms with Gasteiger partial charge >= 0.3 is 0 Å². The van der Waals surface area contributed by atoms with Crippen molar-refractivity contribution in [3.63, 3.8) is 0 Å². The van der Waals surface area contributed by atoms with Crippen LogP contribution in [0, 0.1) is 0 Å². The average molecular weight is 431 g/mol. The predicted molar refractivity (Wildman–Crippen MR) is 108 cm³/mol. The normalized spacial score (nSPS) is 11.3. The van der Waals surface area contributed by atoms with Gasteiger partial charge in [-0.3, -0.25) is 9.89 Å². The van der Waals surface area contributed by atoms with Crippen LogP contribution in [-0.4, -0.2) is 29.4 Å². The molecule has 0 aliphatic heterocycles. The molecule has 2 N–H and O–H groups in total. The zero-order chi connectivity index (χ0) is 18.4. The van der Waals surface area contributed by atoms with Crippen LogP contribution >= 0.6 is 27.3 Å². The molecule has 8 heteroatoms. The van der Waals surface area contributed by atoms with E-state index in [1.54, 1.807) is 30.6 Å². The Morgan fingerprint density at radius 3 is 2.96 bits per heavy atom. The number of thiophene rings is 1. The molecule has 0 aliphatic rings.